The molecule has 1 aromatic heterocycles. The summed E-state index contributed by atoms with van der Waals surface area (Å²) in [5.74, 6) is -0.0332. The Hall–Kier alpha value is -2.74. The first-order chi connectivity index (χ1) is 14.9. The van der Waals surface area contributed by atoms with Crippen molar-refractivity contribution in [1.82, 2.24) is 14.8 Å². The van der Waals surface area contributed by atoms with E-state index in [1.54, 1.807) is 4.90 Å². The minimum atomic E-state index is -0.374. The minimum absolute atomic E-state index is 0.00161. The van der Waals surface area contributed by atoms with Gasteiger partial charge in [-0.1, -0.05) is 55.5 Å². The van der Waals surface area contributed by atoms with Gasteiger partial charge >= 0.3 is 0 Å². The molecule has 0 spiro atoms. The SMILES string of the molecule is CC(C)CC(=O)N1CCc2nc(NC(=O)C3CC(=O)N(Cc4ccccc4)C3)sc2C1. The fourth-order valence-corrected chi connectivity index (χ4v) is 5.08. The lowest BCUT2D eigenvalue weighted by Crippen LogP contribution is -2.36. The van der Waals surface area contributed by atoms with Gasteiger partial charge in [0, 0.05) is 43.8 Å². The second-order valence-corrected chi connectivity index (χ2v) is 9.79. The van der Waals surface area contributed by atoms with Crippen molar-refractivity contribution in [1.29, 1.82) is 0 Å². The van der Waals surface area contributed by atoms with Crippen LogP contribution in [0.15, 0.2) is 30.3 Å². The molecule has 8 heteroatoms. The van der Waals surface area contributed by atoms with Gasteiger partial charge < -0.3 is 15.1 Å². The molecular formula is C23H28N4O3S. The van der Waals surface area contributed by atoms with E-state index in [4.69, 9.17) is 0 Å². The molecule has 0 bridgehead atoms. The van der Waals surface area contributed by atoms with E-state index < -0.39 is 0 Å². The zero-order chi connectivity index (χ0) is 22.0. The van der Waals surface area contributed by atoms with Crippen LogP contribution in [0.25, 0.3) is 0 Å². The summed E-state index contributed by atoms with van der Waals surface area (Å²) >= 11 is 1.43. The number of anilines is 1. The van der Waals surface area contributed by atoms with Gasteiger partial charge in [-0.15, -0.1) is 0 Å². The number of nitrogens with zero attached hydrogens (tertiary/aromatic N) is 3. The van der Waals surface area contributed by atoms with E-state index in [0.717, 1.165) is 16.1 Å². The molecular weight excluding hydrogens is 412 g/mol. The molecule has 1 N–H and O–H groups in total. The third-order valence-corrected chi connectivity index (χ3v) is 6.70. The highest BCUT2D eigenvalue weighted by atomic mass is 32.1. The summed E-state index contributed by atoms with van der Waals surface area (Å²) < 4.78 is 0. The number of carbonyl (C=O) groups is 3. The molecule has 164 valence electrons. The van der Waals surface area contributed by atoms with E-state index >= 15 is 0 Å². The molecule has 2 aromatic rings. The van der Waals surface area contributed by atoms with Crippen molar-refractivity contribution in [3.8, 4) is 0 Å². The predicted molar refractivity (Wildman–Crippen MR) is 119 cm³/mol. The van der Waals surface area contributed by atoms with Crippen molar-refractivity contribution >= 4 is 34.2 Å². The van der Waals surface area contributed by atoms with Crippen LogP contribution < -0.4 is 5.32 Å². The van der Waals surface area contributed by atoms with Gasteiger partial charge in [0.15, 0.2) is 5.13 Å². The van der Waals surface area contributed by atoms with Crippen LogP contribution in [0.2, 0.25) is 0 Å². The van der Waals surface area contributed by atoms with Crippen LogP contribution in [0.5, 0.6) is 0 Å². The fraction of sp³-hybridized carbons (Fsp3) is 0.478. The van der Waals surface area contributed by atoms with Crippen LogP contribution in [0.3, 0.4) is 0 Å². The van der Waals surface area contributed by atoms with Crippen molar-refractivity contribution in [2.45, 2.75) is 46.2 Å². The Morgan fingerprint density at radius 2 is 2.03 bits per heavy atom. The molecule has 0 aliphatic carbocycles. The number of fused-ring (bicyclic) bond motifs is 1. The molecule has 1 unspecified atom stereocenters. The van der Waals surface area contributed by atoms with Crippen molar-refractivity contribution in [3.63, 3.8) is 0 Å². The summed E-state index contributed by atoms with van der Waals surface area (Å²) in [5.41, 5.74) is 2.02. The number of carbonyl (C=O) groups excluding carboxylic acids is 3. The first-order valence-corrected chi connectivity index (χ1v) is 11.6. The van der Waals surface area contributed by atoms with Crippen molar-refractivity contribution in [2.75, 3.05) is 18.4 Å². The Morgan fingerprint density at radius 1 is 1.26 bits per heavy atom. The first-order valence-electron chi connectivity index (χ1n) is 10.8. The zero-order valence-electron chi connectivity index (χ0n) is 18.0. The Kier molecular flexibility index (Phi) is 6.36. The number of benzene rings is 1. The van der Waals surface area contributed by atoms with Crippen LogP contribution in [0.4, 0.5) is 5.13 Å². The summed E-state index contributed by atoms with van der Waals surface area (Å²) in [6.45, 7) is 6.25. The normalized spacial score (nSPS) is 18.4. The monoisotopic (exact) mass is 440 g/mol. The van der Waals surface area contributed by atoms with Gasteiger partial charge in [-0.05, 0) is 11.5 Å². The zero-order valence-corrected chi connectivity index (χ0v) is 18.8. The predicted octanol–water partition coefficient (Wildman–Crippen LogP) is 3.06. The standard InChI is InChI=1S/C23H28N4O3S/c1-15(2)10-20(28)26-9-8-18-19(14-26)31-23(24-18)25-22(30)17-11-21(29)27(13-17)12-16-6-4-3-5-7-16/h3-7,15,17H,8-14H2,1-2H3,(H,24,25,30). The Labute approximate surface area is 186 Å². The average Bonchev–Trinajstić information content (AvgIpc) is 3.30. The quantitative estimate of drug-likeness (QED) is 0.748. The highest BCUT2D eigenvalue weighted by Crippen LogP contribution is 2.30. The summed E-state index contributed by atoms with van der Waals surface area (Å²) in [4.78, 5) is 46.8. The van der Waals surface area contributed by atoms with Gasteiger partial charge in [-0.25, -0.2) is 4.98 Å². The number of hydrogen-bond donors (Lipinski definition) is 1. The minimum Gasteiger partial charge on any atom is -0.338 e. The Balaban J connectivity index is 1.34. The molecule has 3 heterocycles. The molecule has 1 aromatic carbocycles. The van der Waals surface area contributed by atoms with Crippen LogP contribution in [-0.4, -0.2) is 45.6 Å². The summed E-state index contributed by atoms with van der Waals surface area (Å²) in [5, 5.41) is 3.47. The third kappa shape index (κ3) is 5.12. The van der Waals surface area contributed by atoms with Gasteiger partial charge in [0.25, 0.3) is 0 Å². The molecule has 1 saturated heterocycles. The largest absolute Gasteiger partial charge is 0.338 e. The van der Waals surface area contributed by atoms with Gasteiger partial charge in [-0.3, -0.25) is 14.4 Å². The molecule has 2 aliphatic rings. The number of aromatic nitrogens is 1. The lowest BCUT2D eigenvalue weighted by atomic mass is 10.1. The Morgan fingerprint density at radius 3 is 2.77 bits per heavy atom. The van der Waals surface area contributed by atoms with Crippen LogP contribution >= 0.6 is 11.3 Å². The number of nitrogens with one attached hydrogen (secondary N) is 1. The van der Waals surface area contributed by atoms with E-state index in [2.05, 4.69) is 10.3 Å². The van der Waals surface area contributed by atoms with E-state index in [1.807, 2.05) is 49.1 Å². The maximum Gasteiger partial charge on any atom is 0.231 e. The molecule has 31 heavy (non-hydrogen) atoms. The van der Waals surface area contributed by atoms with E-state index in [0.29, 0.717) is 50.1 Å². The second-order valence-electron chi connectivity index (χ2n) is 8.70. The molecule has 4 rings (SSSR count). The van der Waals surface area contributed by atoms with E-state index in [9.17, 15) is 14.4 Å². The highest BCUT2D eigenvalue weighted by molar-refractivity contribution is 7.15. The van der Waals surface area contributed by atoms with Crippen LogP contribution in [-0.2, 0) is 33.9 Å². The number of hydrogen-bond acceptors (Lipinski definition) is 5. The summed E-state index contributed by atoms with van der Waals surface area (Å²) in [7, 11) is 0. The topological polar surface area (TPSA) is 82.6 Å². The lowest BCUT2D eigenvalue weighted by molar-refractivity contribution is -0.133. The van der Waals surface area contributed by atoms with Gasteiger partial charge in [-0.2, -0.15) is 0 Å². The lowest BCUT2D eigenvalue weighted by Gasteiger charge is -2.26. The fourth-order valence-electron chi connectivity index (χ4n) is 4.05. The first kappa shape index (κ1) is 21.5. The van der Waals surface area contributed by atoms with Crippen molar-refractivity contribution in [3.05, 3.63) is 46.5 Å². The van der Waals surface area contributed by atoms with Crippen molar-refractivity contribution in [2.24, 2.45) is 11.8 Å². The average molecular weight is 441 g/mol. The van der Waals surface area contributed by atoms with E-state index in [-0.39, 0.29) is 30.1 Å². The number of thiazole rings is 1. The maximum absolute atomic E-state index is 12.8. The molecule has 2 aliphatic heterocycles. The number of amides is 3. The molecule has 0 saturated carbocycles. The maximum atomic E-state index is 12.8. The highest BCUT2D eigenvalue weighted by Gasteiger charge is 2.35. The molecule has 1 atom stereocenters. The van der Waals surface area contributed by atoms with Crippen LogP contribution in [0.1, 0.15) is 42.8 Å². The Bertz CT molecular complexity index is 972. The van der Waals surface area contributed by atoms with Gasteiger partial charge in [0.2, 0.25) is 17.7 Å². The molecule has 1 fully saturated rings. The molecule has 7 nitrogen and oxygen atoms in total. The van der Waals surface area contributed by atoms with Gasteiger partial charge in [0.05, 0.1) is 18.2 Å². The number of likely N-dealkylation sites (tertiary alicyclic amines) is 1. The van der Waals surface area contributed by atoms with Crippen molar-refractivity contribution < 1.29 is 14.4 Å². The van der Waals surface area contributed by atoms with Crippen LogP contribution in [0, 0.1) is 11.8 Å². The smallest absolute Gasteiger partial charge is 0.231 e. The summed E-state index contributed by atoms with van der Waals surface area (Å²) in [6.07, 6.45) is 1.48. The van der Waals surface area contributed by atoms with Gasteiger partial charge in [0.1, 0.15) is 0 Å². The second kappa shape index (κ2) is 9.18. The number of rotatable bonds is 6. The summed E-state index contributed by atoms with van der Waals surface area (Å²) in [6, 6.07) is 9.80. The third-order valence-electron chi connectivity index (χ3n) is 5.70. The van der Waals surface area contributed by atoms with E-state index in [1.165, 1.54) is 11.3 Å². The molecule has 3 amide bonds. The molecule has 0 radical (unpaired) electrons.